The van der Waals surface area contributed by atoms with Crippen molar-refractivity contribution in [2.45, 2.75) is 23.5 Å². The number of rotatable bonds is 0. The third kappa shape index (κ3) is 2.10. The molecule has 0 radical (unpaired) electrons. The predicted molar refractivity (Wildman–Crippen MR) is 94.3 cm³/mol. The minimum absolute atomic E-state index is 0. The second-order valence-electron chi connectivity index (χ2n) is 6.28. The summed E-state index contributed by atoms with van der Waals surface area (Å²) in [7, 11) is -3.53. The van der Waals surface area contributed by atoms with Crippen molar-refractivity contribution in [3.63, 3.8) is 0 Å². The van der Waals surface area contributed by atoms with Crippen molar-refractivity contribution in [3.8, 4) is 17.0 Å². The van der Waals surface area contributed by atoms with Gasteiger partial charge in [0.1, 0.15) is 17.1 Å². The van der Waals surface area contributed by atoms with Gasteiger partial charge in [0.15, 0.2) is 9.84 Å². The van der Waals surface area contributed by atoms with Crippen molar-refractivity contribution < 1.29 is 17.9 Å². The van der Waals surface area contributed by atoms with Gasteiger partial charge in [-0.05, 0) is 53.8 Å². The van der Waals surface area contributed by atoms with E-state index in [-0.39, 0.29) is 34.4 Å². The van der Waals surface area contributed by atoms with Gasteiger partial charge in [-0.25, -0.2) is 17.8 Å². The lowest BCUT2D eigenvalue weighted by molar-refractivity contribution is 0.480. The normalized spacial score (nSPS) is 16.2. The molecule has 0 saturated carbocycles. The molecular formula is C18H13ClFNO3S. The first-order chi connectivity index (χ1) is 11.5. The minimum Gasteiger partial charge on any atom is -0.506 e. The molecule has 5 rings (SSSR count). The van der Waals surface area contributed by atoms with Gasteiger partial charge in [-0.2, -0.15) is 0 Å². The van der Waals surface area contributed by atoms with Gasteiger partial charge in [0.2, 0.25) is 0 Å². The molecule has 3 aromatic rings. The van der Waals surface area contributed by atoms with Gasteiger partial charge in [0, 0.05) is 10.9 Å². The van der Waals surface area contributed by atoms with Crippen LogP contribution in [0.3, 0.4) is 0 Å². The summed E-state index contributed by atoms with van der Waals surface area (Å²) in [6.07, 6.45) is 1.50. The lowest BCUT2D eigenvalue weighted by atomic mass is 9.98. The van der Waals surface area contributed by atoms with Crippen molar-refractivity contribution in [3.05, 3.63) is 52.8 Å². The van der Waals surface area contributed by atoms with Crippen LogP contribution >= 0.6 is 12.4 Å². The lowest BCUT2D eigenvalue weighted by Gasteiger charge is -2.22. The van der Waals surface area contributed by atoms with Gasteiger partial charge in [-0.15, -0.1) is 12.4 Å². The average Bonchev–Trinajstić information content (AvgIpc) is 2.96. The number of pyridine rings is 1. The fraction of sp³-hybridized carbons (Fsp3) is 0.167. The van der Waals surface area contributed by atoms with E-state index >= 15 is 0 Å². The summed E-state index contributed by atoms with van der Waals surface area (Å²) in [4.78, 5) is 4.64. The van der Waals surface area contributed by atoms with Crippen molar-refractivity contribution in [1.29, 1.82) is 0 Å². The average molecular weight is 378 g/mol. The first-order valence-corrected chi connectivity index (χ1v) is 9.30. The largest absolute Gasteiger partial charge is 0.506 e. The summed E-state index contributed by atoms with van der Waals surface area (Å²) < 4.78 is 39.0. The molecule has 1 aromatic heterocycles. The van der Waals surface area contributed by atoms with Gasteiger partial charge < -0.3 is 5.11 Å². The predicted octanol–water partition coefficient (Wildman–Crippen LogP) is 3.55. The number of sulfone groups is 1. The van der Waals surface area contributed by atoms with Crippen LogP contribution in [0.25, 0.3) is 22.2 Å². The molecular weight excluding hydrogens is 365 g/mol. The number of phenols is 1. The molecule has 0 unspecified atom stereocenters. The number of hydrogen-bond acceptors (Lipinski definition) is 4. The summed E-state index contributed by atoms with van der Waals surface area (Å²) in [5, 5.41) is 11.1. The zero-order valence-corrected chi connectivity index (χ0v) is 14.5. The number of benzene rings is 2. The van der Waals surface area contributed by atoms with Crippen LogP contribution < -0.4 is 0 Å². The molecule has 2 aromatic carbocycles. The first-order valence-electron chi connectivity index (χ1n) is 7.65. The van der Waals surface area contributed by atoms with Crippen LogP contribution in [0, 0.1) is 5.82 Å². The molecule has 1 aliphatic carbocycles. The number of halogens is 2. The van der Waals surface area contributed by atoms with Crippen LogP contribution in [0.1, 0.15) is 16.7 Å². The highest BCUT2D eigenvalue weighted by atomic mass is 35.5. The van der Waals surface area contributed by atoms with E-state index in [1.807, 2.05) is 6.07 Å². The van der Waals surface area contributed by atoms with Gasteiger partial charge >= 0.3 is 0 Å². The van der Waals surface area contributed by atoms with E-state index in [2.05, 4.69) is 4.98 Å². The Hall–Kier alpha value is -2.18. The van der Waals surface area contributed by atoms with Gasteiger partial charge in [-0.1, -0.05) is 6.07 Å². The van der Waals surface area contributed by atoms with Crippen LogP contribution in [-0.2, 0) is 28.4 Å². The van der Waals surface area contributed by atoms with Crippen molar-refractivity contribution in [2.75, 3.05) is 0 Å². The van der Waals surface area contributed by atoms with Gasteiger partial charge in [-0.3, -0.25) is 0 Å². The van der Waals surface area contributed by atoms with Crippen LogP contribution in [0.15, 0.2) is 35.2 Å². The van der Waals surface area contributed by atoms with Crippen molar-refractivity contribution in [1.82, 2.24) is 4.98 Å². The highest BCUT2D eigenvalue weighted by Gasteiger charge is 2.34. The number of nitrogens with zero attached hydrogens (tertiary/aromatic N) is 1. The van der Waals surface area contributed by atoms with E-state index < -0.39 is 15.7 Å². The monoisotopic (exact) mass is 377 g/mol. The summed E-state index contributed by atoms with van der Waals surface area (Å²) >= 11 is 0. The molecule has 2 heterocycles. The Labute approximate surface area is 149 Å². The maximum Gasteiger partial charge on any atom is 0.183 e. The molecule has 1 aliphatic heterocycles. The van der Waals surface area contributed by atoms with E-state index in [1.54, 1.807) is 6.07 Å². The van der Waals surface area contributed by atoms with Crippen molar-refractivity contribution in [2.24, 2.45) is 0 Å². The third-order valence-electron chi connectivity index (χ3n) is 4.93. The molecule has 1 N–H and O–H groups in total. The molecule has 0 spiro atoms. The van der Waals surface area contributed by atoms with E-state index in [1.165, 1.54) is 12.1 Å². The van der Waals surface area contributed by atoms with E-state index in [4.69, 9.17) is 0 Å². The van der Waals surface area contributed by atoms with Gasteiger partial charge in [0.05, 0.1) is 16.3 Å². The number of phenolic OH excluding ortho intramolecular Hbond substituents is 1. The zero-order chi connectivity index (χ0) is 16.6. The number of aryl methyl sites for hydroxylation is 2. The Morgan fingerprint density at radius 1 is 1.08 bits per heavy atom. The Bertz CT molecular complexity index is 1170. The summed E-state index contributed by atoms with van der Waals surface area (Å²) in [6.45, 7) is 0. The fourth-order valence-electron chi connectivity index (χ4n) is 3.89. The Morgan fingerprint density at radius 3 is 2.68 bits per heavy atom. The van der Waals surface area contributed by atoms with Crippen molar-refractivity contribution >= 4 is 33.1 Å². The maximum absolute atomic E-state index is 13.8. The van der Waals surface area contributed by atoms with E-state index in [9.17, 15) is 17.9 Å². The standard InChI is InChI=1S/C18H12FNO3S.ClH/c19-10-3-6-15-12(7-10)17-13(8-24(15,22)23)11-4-1-9-2-5-14(21)18(20-17)16(9)11;/h2-3,5-7,21H,1,4,8H2;1H. The molecule has 0 fully saturated rings. The van der Waals surface area contributed by atoms with Crippen LogP contribution in [0.4, 0.5) is 4.39 Å². The Balaban J connectivity index is 0.00000157. The zero-order valence-electron chi connectivity index (χ0n) is 12.9. The van der Waals surface area contributed by atoms with Crippen LogP contribution in [0.5, 0.6) is 5.75 Å². The number of aromatic hydroxyl groups is 1. The van der Waals surface area contributed by atoms with Crippen LogP contribution in [0.2, 0.25) is 0 Å². The SMILES string of the molecule is Cl.O=S1(=O)Cc2c(nc3c(O)ccc4c3c2CC4)-c2cc(F)ccc21. The Kier molecular flexibility index (Phi) is 3.36. The molecule has 4 nitrogen and oxygen atoms in total. The number of fused-ring (bicyclic) bond motifs is 4. The molecule has 0 bridgehead atoms. The van der Waals surface area contributed by atoms with Crippen LogP contribution in [-0.4, -0.2) is 18.5 Å². The molecule has 2 aliphatic rings. The highest BCUT2D eigenvalue weighted by Crippen LogP contribution is 2.45. The van der Waals surface area contributed by atoms with E-state index in [0.29, 0.717) is 23.2 Å². The topological polar surface area (TPSA) is 67.3 Å². The number of hydrogen-bond donors (Lipinski definition) is 1. The molecule has 0 amide bonds. The lowest BCUT2D eigenvalue weighted by Crippen LogP contribution is -2.16. The second kappa shape index (κ2) is 5.16. The molecule has 7 heteroatoms. The third-order valence-corrected chi connectivity index (χ3v) is 6.62. The summed E-state index contributed by atoms with van der Waals surface area (Å²) in [5.41, 5.74) is 3.84. The molecule has 128 valence electrons. The molecule has 0 saturated heterocycles. The summed E-state index contributed by atoms with van der Waals surface area (Å²) in [5.74, 6) is -0.576. The van der Waals surface area contributed by atoms with E-state index in [0.717, 1.165) is 29.0 Å². The molecule has 25 heavy (non-hydrogen) atoms. The summed E-state index contributed by atoms with van der Waals surface area (Å²) in [6, 6.07) is 7.12. The second-order valence-corrected chi connectivity index (χ2v) is 8.24. The fourth-order valence-corrected chi connectivity index (χ4v) is 5.51. The Morgan fingerprint density at radius 2 is 1.88 bits per heavy atom. The maximum atomic E-state index is 13.8. The minimum atomic E-state index is -3.53. The quantitative estimate of drug-likeness (QED) is 0.608. The smallest absolute Gasteiger partial charge is 0.183 e. The first kappa shape index (κ1) is 16.3. The highest BCUT2D eigenvalue weighted by molar-refractivity contribution is 7.90. The van der Waals surface area contributed by atoms with Gasteiger partial charge in [0.25, 0.3) is 0 Å². The molecule has 0 atom stereocenters. The number of aromatic nitrogens is 1.